The van der Waals surface area contributed by atoms with E-state index in [4.69, 9.17) is 19.4 Å². The molecular weight excluding hydrogens is 382 g/mol. The minimum Gasteiger partial charge on any atom is -0.497 e. The van der Waals surface area contributed by atoms with E-state index in [-0.39, 0.29) is 0 Å². The van der Waals surface area contributed by atoms with Crippen molar-refractivity contribution in [3.63, 3.8) is 0 Å². The predicted molar refractivity (Wildman–Crippen MR) is 117 cm³/mol. The van der Waals surface area contributed by atoms with Gasteiger partial charge in [0, 0.05) is 22.7 Å². The molecule has 142 valence electrons. The molecule has 0 atom stereocenters. The third-order valence-electron chi connectivity index (χ3n) is 4.80. The van der Waals surface area contributed by atoms with Crippen LogP contribution in [0.25, 0.3) is 43.1 Å². The standard InChI is InChI=1S/C23H17N3O2S/c1-27-16-10-7-14(8-11-16)22-26-21-20-15(13-24-23(21)29-22)9-12-18(25-20)17-5-3-4-6-19(17)28-2/h3-13H,1-2H3. The molecule has 0 fully saturated rings. The summed E-state index contributed by atoms with van der Waals surface area (Å²) < 4.78 is 10.8. The molecule has 6 heteroatoms. The number of methoxy groups -OCH3 is 2. The predicted octanol–water partition coefficient (Wildman–Crippen LogP) is 5.59. The highest BCUT2D eigenvalue weighted by Gasteiger charge is 2.14. The highest BCUT2D eigenvalue weighted by Crippen LogP contribution is 2.35. The molecule has 0 saturated carbocycles. The molecule has 5 aromatic rings. The van der Waals surface area contributed by atoms with Crippen molar-refractivity contribution in [2.45, 2.75) is 0 Å². The summed E-state index contributed by atoms with van der Waals surface area (Å²) in [6.45, 7) is 0. The van der Waals surface area contributed by atoms with Gasteiger partial charge >= 0.3 is 0 Å². The smallest absolute Gasteiger partial charge is 0.146 e. The second-order valence-corrected chi connectivity index (χ2v) is 7.47. The molecule has 0 bridgehead atoms. The van der Waals surface area contributed by atoms with Crippen LogP contribution in [0, 0.1) is 0 Å². The Morgan fingerprint density at radius 1 is 0.793 bits per heavy atom. The van der Waals surface area contributed by atoms with Gasteiger partial charge in [0.05, 0.1) is 19.9 Å². The van der Waals surface area contributed by atoms with Gasteiger partial charge in [-0.1, -0.05) is 23.5 Å². The summed E-state index contributed by atoms with van der Waals surface area (Å²) in [5, 5.41) is 1.87. The van der Waals surface area contributed by atoms with Crippen LogP contribution in [-0.4, -0.2) is 29.2 Å². The summed E-state index contributed by atoms with van der Waals surface area (Å²) in [5.74, 6) is 1.61. The molecule has 0 unspecified atom stereocenters. The van der Waals surface area contributed by atoms with Gasteiger partial charge in [0.15, 0.2) is 0 Å². The van der Waals surface area contributed by atoms with Crippen LogP contribution >= 0.6 is 11.3 Å². The van der Waals surface area contributed by atoms with Crippen molar-refractivity contribution >= 4 is 32.6 Å². The van der Waals surface area contributed by atoms with E-state index in [1.54, 1.807) is 25.6 Å². The lowest BCUT2D eigenvalue weighted by Crippen LogP contribution is -1.91. The third-order valence-corrected chi connectivity index (χ3v) is 5.81. The van der Waals surface area contributed by atoms with Crippen LogP contribution in [0.2, 0.25) is 0 Å². The minimum atomic E-state index is 0.793. The van der Waals surface area contributed by atoms with Crippen LogP contribution < -0.4 is 9.47 Å². The van der Waals surface area contributed by atoms with Crippen molar-refractivity contribution in [3.8, 4) is 33.3 Å². The molecule has 0 saturated heterocycles. The maximum Gasteiger partial charge on any atom is 0.146 e. The van der Waals surface area contributed by atoms with Crippen LogP contribution in [0.4, 0.5) is 0 Å². The van der Waals surface area contributed by atoms with Gasteiger partial charge in [-0.05, 0) is 48.5 Å². The summed E-state index contributed by atoms with van der Waals surface area (Å²) in [5.41, 5.74) is 4.49. The number of fused-ring (bicyclic) bond motifs is 3. The fourth-order valence-electron chi connectivity index (χ4n) is 3.31. The Hall–Kier alpha value is -3.51. The number of pyridine rings is 2. The normalized spacial score (nSPS) is 11.1. The molecule has 0 aliphatic heterocycles. The van der Waals surface area contributed by atoms with E-state index in [0.29, 0.717) is 0 Å². The van der Waals surface area contributed by atoms with Gasteiger partial charge in [-0.15, -0.1) is 0 Å². The summed E-state index contributed by atoms with van der Waals surface area (Å²) in [7, 11) is 3.33. The Balaban J connectivity index is 1.67. The van der Waals surface area contributed by atoms with Crippen molar-refractivity contribution < 1.29 is 9.47 Å². The quantitative estimate of drug-likeness (QED) is 0.394. The number of aromatic nitrogens is 3. The van der Waals surface area contributed by atoms with E-state index in [0.717, 1.165) is 54.6 Å². The topological polar surface area (TPSA) is 57.1 Å². The second kappa shape index (κ2) is 7.14. The van der Waals surface area contributed by atoms with E-state index >= 15 is 0 Å². The Bertz CT molecular complexity index is 1330. The van der Waals surface area contributed by atoms with Crippen LogP contribution in [0.15, 0.2) is 66.9 Å². The molecule has 0 spiro atoms. The number of ether oxygens (including phenoxy) is 2. The average molecular weight is 399 g/mol. The Morgan fingerprint density at radius 3 is 2.41 bits per heavy atom. The fourth-order valence-corrected chi connectivity index (χ4v) is 4.23. The van der Waals surface area contributed by atoms with Crippen LogP contribution in [0.5, 0.6) is 11.5 Å². The molecule has 0 N–H and O–H groups in total. The first-order valence-electron chi connectivity index (χ1n) is 9.11. The first-order chi connectivity index (χ1) is 14.3. The molecule has 0 aliphatic rings. The largest absolute Gasteiger partial charge is 0.497 e. The van der Waals surface area contributed by atoms with Crippen molar-refractivity contribution in [2.24, 2.45) is 0 Å². The van der Waals surface area contributed by atoms with E-state index in [1.807, 2.05) is 66.9 Å². The number of hydrogen-bond donors (Lipinski definition) is 0. The van der Waals surface area contributed by atoms with Crippen LogP contribution in [0.1, 0.15) is 0 Å². The van der Waals surface area contributed by atoms with Gasteiger partial charge in [-0.25, -0.2) is 15.0 Å². The van der Waals surface area contributed by atoms with Crippen molar-refractivity contribution in [3.05, 3.63) is 66.9 Å². The Morgan fingerprint density at radius 2 is 1.62 bits per heavy atom. The molecule has 3 heterocycles. The van der Waals surface area contributed by atoms with Crippen LogP contribution in [0.3, 0.4) is 0 Å². The lowest BCUT2D eigenvalue weighted by Gasteiger charge is -2.08. The van der Waals surface area contributed by atoms with Gasteiger partial charge in [0.25, 0.3) is 0 Å². The van der Waals surface area contributed by atoms with Gasteiger partial charge in [-0.2, -0.15) is 0 Å². The van der Waals surface area contributed by atoms with Crippen LogP contribution in [-0.2, 0) is 0 Å². The molecule has 2 aromatic carbocycles. The molecule has 0 radical (unpaired) electrons. The highest BCUT2D eigenvalue weighted by molar-refractivity contribution is 7.21. The van der Waals surface area contributed by atoms with Crippen molar-refractivity contribution in [2.75, 3.05) is 14.2 Å². The monoisotopic (exact) mass is 399 g/mol. The van der Waals surface area contributed by atoms with E-state index in [9.17, 15) is 0 Å². The second-order valence-electron chi connectivity index (χ2n) is 6.49. The maximum atomic E-state index is 5.50. The number of thiazole rings is 1. The van der Waals surface area contributed by atoms with Crippen molar-refractivity contribution in [1.29, 1.82) is 0 Å². The molecule has 0 amide bonds. The maximum absolute atomic E-state index is 5.50. The van der Waals surface area contributed by atoms with Gasteiger partial charge in [0.2, 0.25) is 0 Å². The Labute approximate surface area is 171 Å². The number of rotatable bonds is 4. The van der Waals surface area contributed by atoms with Crippen molar-refractivity contribution in [1.82, 2.24) is 15.0 Å². The molecule has 29 heavy (non-hydrogen) atoms. The zero-order chi connectivity index (χ0) is 19.8. The first-order valence-corrected chi connectivity index (χ1v) is 9.92. The zero-order valence-corrected chi connectivity index (χ0v) is 16.7. The SMILES string of the molecule is COc1ccc(-c2nc3c(ncc4ccc(-c5ccccc5OC)nc43)s2)cc1. The van der Waals surface area contributed by atoms with Gasteiger partial charge in [0.1, 0.15) is 32.4 Å². The average Bonchev–Trinajstić information content (AvgIpc) is 3.23. The summed E-state index contributed by atoms with van der Waals surface area (Å²) in [4.78, 5) is 15.2. The van der Waals surface area contributed by atoms with E-state index in [2.05, 4.69) is 4.98 Å². The number of nitrogens with zero attached hydrogens (tertiary/aromatic N) is 3. The zero-order valence-electron chi connectivity index (χ0n) is 15.9. The molecule has 5 rings (SSSR count). The molecule has 0 aliphatic carbocycles. The summed E-state index contributed by atoms with van der Waals surface area (Å²) >= 11 is 1.56. The van der Waals surface area contributed by atoms with Gasteiger partial charge < -0.3 is 9.47 Å². The summed E-state index contributed by atoms with van der Waals surface area (Å²) in [6.07, 6.45) is 1.85. The molecular formula is C23H17N3O2S. The fraction of sp³-hybridized carbons (Fsp3) is 0.0870. The Kier molecular flexibility index (Phi) is 4.33. The number of benzene rings is 2. The molecule has 5 nitrogen and oxygen atoms in total. The number of para-hydroxylation sites is 1. The summed E-state index contributed by atoms with van der Waals surface area (Å²) in [6, 6.07) is 19.8. The van der Waals surface area contributed by atoms with E-state index in [1.165, 1.54) is 0 Å². The minimum absolute atomic E-state index is 0.793. The number of hydrogen-bond acceptors (Lipinski definition) is 6. The molecule has 3 aromatic heterocycles. The van der Waals surface area contributed by atoms with Gasteiger partial charge in [-0.3, -0.25) is 0 Å². The lowest BCUT2D eigenvalue weighted by molar-refractivity contribution is 0.415. The lowest BCUT2D eigenvalue weighted by atomic mass is 10.1. The first kappa shape index (κ1) is 17.6. The highest BCUT2D eigenvalue weighted by atomic mass is 32.1. The van der Waals surface area contributed by atoms with E-state index < -0.39 is 0 Å². The third kappa shape index (κ3) is 3.07.